The number of hydroxylamine groups is 1. The van der Waals surface area contributed by atoms with Gasteiger partial charge in [-0.05, 0) is 42.8 Å². The Bertz CT molecular complexity index is 1270. The Kier molecular flexibility index (Phi) is 5.67. The molecule has 2 aliphatic rings. The molecule has 2 amide bonds. The molecule has 0 saturated carbocycles. The molecule has 8 heteroatoms. The van der Waals surface area contributed by atoms with Crippen LogP contribution in [0.15, 0.2) is 66.7 Å². The molecule has 0 radical (unpaired) electrons. The highest BCUT2D eigenvalue weighted by molar-refractivity contribution is 6.32. The average Bonchev–Trinajstić information content (AvgIpc) is 3.37. The Balaban J connectivity index is 1.66. The number of imide groups is 1. The number of fused-ring (bicyclic) bond motifs is 1. The van der Waals surface area contributed by atoms with Crippen LogP contribution in [-0.4, -0.2) is 32.1 Å². The largest absolute Gasteiger partial charge is 0.493 e. The monoisotopic (exact) mass is 478 g/mol. The summed E-state index contributed by atoms with van der Waals surface area (Å²) in [4.78, 5) is 34.8. The molecule has 3 aromatic carbocycles. The Morgan fingerprint density at radius 2 is 1.62 bits per heavy atom. The standard InChI is InChI=1S/C26H23ClN2O5/c1-15-18(27)12-8-13-19(15)28-25(30)21-22(17-11-7-14-20(32-2)23(17)33-3)29(34-24(21)26(28)31)16-9-5-4-6-10-16/h4-14,21-22,24H,1-3H3/t21-,22-,24-/m1/s1. The fourth-order valence-electron chi connectivity index (χ4n) is 4.75. The summed E-state index contributed by atoms with van der Waals surface area (Å²) in [5.41, 5.74) is 2.52. The maximum atomic E-state index is 13.9. The number of rotatable bonds is 5. The second-order valence-electron chi connectivity index (χ2n) is 8.14. The highest BCUT2D eigenvalue weighted by atomic mass is 35.5. The fraction of sp³-hybridized carbons (Fsp3) is 0.231. The minimum absolute atomic E-state index is 0.353. The van der Waals surface area contributed by atoms with Crippen molar-refractivity contribution < 1.29 is 23.9 Å². The lowest BCUT2D eigenvalue weighted by Gasteiger charge is -2.30. The molecule has 5 rings (SSSR count). The lowest BCUT2D eigenvalue weighted by Crippen LogP contribution is -2.37. The molecule has 0 unspecified atom stereocenters. The van der Waals surface area contributed by atoms with E-state index in [9.17, 15) is 9.59 Å². The van der Waals surface area contributed by atoms with Gasteiger partial charge in [-0.1, -0.05) is 48.0 Å². The first-order valence-corrected chi connectivity index (χ1v) is 11.2. The second-order valence-corrected chi connectivity index (χ2v) is 8.54. The van der Waals surface area contributed by atoms with Crippen molar-refractivity contribution in [3.63, 3.8) is 0 Å². The maximum absolute atomic E-state index is 13.9. The summed E-state index contributed by atoms with van der Waals surface area (Å²) in [5.74, 6) is -0.569. The molecule has 0 spiro atoms. The number of carbonyl (C=O) groups is 2. The van der Waals surface area contributed by atoms with Crippen LogP contribution in [0.3, 0.4) is 0 Å². The van der Waals surface area contributed by atoms with E-state index in [2.05, 4.69) is 0 Å². The number of anilines is 2. The third-order valence-corrected chi connectivity index (χ3v) is 6.77. The minimum Gasteiger partial charge on any atom is -0.493 e. The third kappa shape index (κ3) is 3.31. The molecule has 34 heavy (non-hydrogen) atoms. The van der Waals surface area contributed by atoms with Gasteiger partial charge in [-0.15, -0.1) is 0 Å². The number of hydrogen-bond acceptors (Lipinski definition) is 6. The lowest BCUT2D eigenvalue weighted by molar-refractivity contribution is -0.126. The molecule has 3 atom stereocenters. The number of hydrogen-bond donors (Lipinski definition) is 0. The predicted octanol–water partition coefficient (Wildman–Crippen LogP) is 4.72. The second kappa shape index (κ2) is 8.66. The van der Waals surface area contributed by atoms with Crippen LogP contribution >= 0.6 is 11.6 Å². The molecular weight excluding hydrogens is 456 g/mol. The van der Waals surface area contributed by atoms with Crippen LogP contribution in [0.1, 0.15) is 17.2 Å². The van der Waals surface area contributed by atoms with Gasteiger partial charge in [0.05, 0.1) is 25.6 Å². The van der Waals surface area contributed by atoms with Crippen molar-refractivity contribution in [2.24, 2.45) is 5.92 Å². The Hall–Kier alpha value is -3.55. The SMILES string of the molecule is COc1cccc([C@@H]2[C@H]3C(=O)N(c4cccc(Cl)c4C)C(=O)[C@@H]3ON2c2ccccc2)c1OC. The number of halogens is 1. The molecule has 2 fully saturated rings. The van der Waals surface area contributed by atoms with Crippen LogP contribution in [0, 0.1) is 12.8 Å². The molecule has 2 heterocycles. The van der Waals surface area contributed by atoms with E-state index in [1.165, 1.54) is 4.90 Å². The summed E-state index contributed by atoms with van der Waals surface area (Å²) >= 11 is 6.29. The summed E-state index contributed by atoms with van der Waals surface area (Å²) < 4.78 is 11.2. The van der Waals surface area contributed by atoms with Gasteiger partial charge in [0.15, 0.2) is 17.6 Å². The summed E-state index contributed by atoms with van der Waals surface area (Å²) in [6, 6.07) is 19.4. The van der Waals surface area contributed by atoms with Crippen molar-refractivity contribution in [3.8, 4) is 11.5 Å². The lowest BCUT2D eigenvalue weighted by atomic mass is 9.89. The first-order chi connectivity index (χ1) is 16.5. The van der Waals surface area contributed by atoms with E-state index in [0.29, 0.717) is 33.3 Å². The number of methoxy groups -OCH3 is 2. The van der Waals surface area contributed by atoms with Crippen LogP contribution in [0.25, 0.3) is 0 Å². The number of ether oxygens (including phenoxy) is 2. The van der Waals surface area contributed by atoms with Crippen molar-refractivity contribution in [2.75, 3.05) is 24.2 Å². The molecule has 2 saturated heterocycles. The Morgan fingerprint density at radius 1 is 0.882 bits per heavy atom. The van der Waals surface area contributed by atoms with E-state index in [-0.39, 0.29) is 5.91 Å². The zero-order valence-corrected chi connectivity index (χ0v) is 19.7. The van der Waals surface area contributed by atoms with E-state index in [0.717, 1.165) is 5.69 Å². The maximum Gasteiger partial charge on any atom is 0.266 e. The van der Waals surface area contributed by atoms with Gasteiger partial charge in [-0.2, -0.15) is 0 Å². The Labute approximate surface area is 202 Å². The number of nitrogens with zero attached hydrogens (tertiary/aromatic N) is 2. The van der Waals surface area contributed by atoms with Gasteiger partial charge in [0.2, 0.25) is 5.91 Å². The Morgan fingerprint density at radius 3 is 2.32 bits per heavy atom. The number of amides is 2. The van der Waals surface area contributed by atoms with Gasteiger partial charge in [0.25, 0.3) is 5.91 Å². The summed E-state index contributed by atoms with van der Waals surface area (Å²) in [6.45, 7) is 1.78. The molecule has 0 N–H and O–H groups in total. The highest BCUT2D eigenvalue weighted by Crippen LogP contribution is 2.51. The van der Waals surface area contributed by atoms with Gasteiger partial charge in [-0.3, -0.25) is 14.4 Å². The number of benzene rings is 3. The molecule has 7 nitrogen and oxygen atoms in total. The van der Waals surface area contributed by atoms with Gasteiger partial charge in [0.1, 0.15) is 12.0 Å². The van der Waals surface area contributed by atoms with Crippen LogP contribution in [-0.2, 0) is 14.4 Å². The van der Waals surface area contributed by atoms with Crippen molar-refractivity contribution in [1.29, 1.82) is 0 Å². The van der Waals surface area contributed by atoms with Gasteiger partial charge in [-0.25, -0.2) is 9.96 Å². The molecular formula is C26H23ClN2O5. The minimum atomic E-state index is -0.994. The van der Waals surface area contributed by atoms with Crippen LogP contribution in [0.5, 0.6) is 11.5 Å². The van der Waals surface area contributed by atoms with E-state index in [1.54, 1.807) is 50.5 Å². The first-order valence-electron chi connectivity index (χ1n) is 10.8. The van der Waals surface area contributed by atoms with Crippen LogP contribution in [0.4, 0.5) is 11.4 Å². The number of carbonyl (C=O) groups excluding carboxylic acids is 2. The molecule has 0 aliphatic carbocycles. The van der Waals surface area contributed by atoms with Crippen molar-refractivity contribution in [3.05, 3.63) is 82.9 Å². The van der Waals surface area contributed by atoms with E-state index in [4.69, 9.17) is 25.9 Å². The molecule has 3 aromatic rings. The fourth-order valence-corrected chi connectivity index (χ4v) is 4.92. The normalized spacial score (nSPS) is 21.7. The van der Waals surface area contributed by atoms with Crippen molar-refractivity contribution in [2.45, 2.75) is 19.1 Å². The smallest absolute Gasteiger partial charge is 0.266 e. The zero-order chi connectivity index (χ0) is 24.0. The highest BCUT2D eigenvalue weighted by Gasteiger charge is 2.61. The topological polar surface area (TPSA) is 68.3 Å². The molecule has 2 aliphatic heterocycles. The van der Waals surface area contributed by atoms with E-state index >= 15 is 0 Å². The van der Waals surface area contributed by atoms with Gasteiger partial charge < -0.3 is 9.47 Å². The molecule has 0 bridgehead atoms. The van der Waals surface area contributed by atoms with E-state index in [1.807, 2.05) is 42.5 Å². The van der Waals surface area contributed by atoms with Crippen LogP contribution < -0.4 is 19.4 Å². The molecule has 174 valence electrons. The molecule has 0 aromatic heterocycles. The number of para-hydroxylation sites is 2. The van der Waals surface area contributed by atoms with Crippen molar-refractivity contribution >= 4 is 34.8 Å². The van der Waals surface area contributed by atoms with Gasteiger partial charge in [0, 0.05) is 10.6 Å². The summed E-state index contributed by atoms with van der Waals surface area (Å²) in [6.07, 6.45) is -0.994. The average molecular weight is 479 g/mol. The predicted molar refractivity (Wildman–Crippen MR) is 128 cm³/mol. The quantitative estimate of drug-likeness (QED) is 0.494. The summed E-state index contributed by atoms with van der Waals surface area (Å²) in [7, 11) is 3.10. The summed E-state index contributed by atoms with van der Waals surface area (Å²) in [5, 5.41) is 2.11. The van der Waals surface area contributed by atoms with Gasteiger partial charge >= 0.3 is 0 Å². The zero-order valence-electron chi connectivity index (χ0n) is 18.9. The van der Waals surface area contributed by atoms with Crippen molar-refractivity contribution in [1.82, 2.24) is 0 Å². The first kappa shape index (κ1) is 22.3. The third-order valence-electron chi connectivity index (χ3n) is 6.36. The van der Waals surface area contributed by atoms with Crippen LogP contribution in [0.2, 0.25) is 5.02 Å². The van der Waals surface area contributed by atoms with E-state index < -0.39 is 24.0 Å².